The lowest BCUT2D eigenvalue weighted by atomic mass is 10.1. The average Bonchev–Trinajstić information content (AvgIpc) is 2.46. The Bertz CT molecular complexity index is 637. The van der Waals surface area contributed by atoms with Crippen LogP contribution >= 0.6 is 0 Å². The van der Waals surface area contributed by atoms with Crippen molar-refractivity contribution in [1.82, 2.24) is 10.3 Å². The molecule has 0 spiro atoms. The van der Waals surface area contributed by atoms with E-state index in [0.29, 0.717) is 11.1 Å². The maximum atomic E-state index is 12.0. The molecule has 1 unspecified atom stereocenters. The van der Waals surface area contributed by atoms with Crippen molar-refractivity contribution in [2.75, 3.05) is 6.54 Å². The van der Waals surface area contributed by atoms with Crippen molar-refractivity contribution in [3.63, 3.8) is 0 Å². The summed E-state index contributed by atoms with van der Waals surface area (Å²) in [6.45, 7) is 0.0863. The molecule has 3 N–H and O–H groups in total. The number of hydrogen-bond acceptors (Lipinski definition) is 4. The van der Waals surface area contributed by atoms with Crippen LogP contribution in [0, 0.1) is 0 Å². The lowest BCUT2D eigenvalue weighted by molar-refractivity contribution is -0.146. The Balaban J connectivity index is 2.06. The predicted molar refractivity (Wildman–Crippen MR) is 72.3 cm³/mol. The van der Waals surface area contributed by atoms with Crippen molar-refractivity contribution in [3.8, 4) is 0 Å². The van der Waals surface area contributed by atoms with Crippen LogP contribution in [-0.4, -0.2) is 39.7 Å². The number of carboxylic acid groups (broad SMARTS) is 1. The van der Waals surface area contributed by atoms with Gasteiger partial charge in [-0.25, -0.2) is 4.79 Å². The van der Waals surface area contributed by atoms with Gasteiger partial charge in [-0.1, -0.05) is 18.2 Å². The van der Waals surface area contributed by atoms with Gasteiger partial charge in [0.15, 0.2) is 6.10 Å². The molecular weight excluding hydrogens is 260 g/mol. The Hall–Kier alpha value is -2.47. The Morgan fingerprint density at radius 3 is 2.75 bits per heavy atom. The number of aliphatic carboxylic acids is 1. The minimum absolute atomic E-state index is 0.0376. The van der Waals surface area contributed by atoms with Crippen LogP contribution in [0.2, 0.25) is 0 Å². The minimum Gasteiger partial charge on any atom is -0.479 e. The molecule has 0 aliphatic carbocycles. The topological polar surface area (TPSA) is 99.5 Å². The van der Waals surface area contributed by atoms with Crippen LogP contribution in [0.15, 0.2) is 36.5 Å². The predicted octanol–water partition coefficient (Wildman–Crippen LogP) is 0.800. The number of rotatable bonds is 5. The van der Waals surface area contributed by atoms with Gasteiger partial charge in [0, 0.05) is 24.5 Å². The number of carbonyl (C=O) groups excluding carboxylic acids is 1. The molecule has 1 heterocycles. The zero-order valence-electron chi connectivity index (χ0n) is 10.6. The fraction of sp³-hybridized carbons (Fsp3) is 0.214. The number of hydrogen-bond donors (Lipinski definition) is 3. The van der Waals surface area contributed by atoms with Gasteiger partial charge in [-0.2, -0.15) is 0 Å². The van der Waals surface area contributed by atoms with Crippen LogP contribution in [0.3, 0.4) is 0 Å². The lowest BCUT2D eigenvalue weighted by Crippen LogP contribution is -2.30. The van der Waals surface area contributed by atoms with Crippen LogP contribution in [0.4, 0.5) is 0 Å². The molecule has 6 heteroatoms. The van der Waals surface area contributed by atoms with Crippen LogP contribution < -0.4 is 5.32 Å². The number of nitrogens with zero attached hydrogens (tertiary/aromatic N) is 1. The van der Waals surface area contributed by atoms with Gasteiger partial charge in [0.1, 0.15) is 0 Å². The molecule has 0 bridgehead atoms. The Morgan fingerprint density at radius 2 is 2.00 bits per heavy atom. The lowest BCUT2D eigenvalue weighted by Gasteiger charge is -2.09. The second-order valence-electron chi connectivity index (χ2n) is 4.27. The second-order valence-corrected chi connectivity index (χ2v) is 4.27. The Labute approximate surface area is 115 Å². The van der Waals surface area contributed by atoms with E-state index in [2.05, 4.69) is 10.3 Å². The van der Waals surface area contributed by atoms with Crippen molar-refractivity contribution in [2.24, 2.45) is 0 Å². The summed E-state index contributed by atoms with van der Waals surface area (Å²) in [7, 11) is 0. The third-order valence-corrected chi connectivity index (χ3v) is 2.88. The van der Waals surface area contributed by atoms with Crippen LogP contribution in [0.1, 0.15) is 16.8 Å². The SMILES string of the molecule is O=C(NCCC(O)C(=O)O)c1ccnc2ccccc12. The summed E-state index contributed by atoms with van der Waals surface area (Å²) >= 11 is 0. The summed E-state index contributed by atoms with van der Waals surface area (Å²) < 4.78 is 0. The highest BCUT2D eigenvalue weighted by atomic mass is 16.4. The summed E-state index contributed by atoms with van der Waals surface area (Å²) in [4.78, 5) is 26.6. The van der Waals surface area contributed by atoms with E-state index in [1.165, 1.54) is 0 Å². The number of aliphatic hydroxyl groups excluding tert-OH is 1. The van der Waals surface area contributed by atoms with E-state index in [-0.39, 0.29) is 18.9 Å². The first-order valence-corrected chi connectivity index (χ1v) is 6.12. The van der Waals surface area contributed by atoms with Gasteiger partial charge >= 0.3 is 5.97 Å². The van der Waals surface area contributed by atoms with Gasteiger partial charge in [0.25, 0.3) is 5.91 Å². The van der Waals surface area contributed by atoms with Gasteiger partial charge in [-0.3, -0.25) is 9.78 Å². The van der Waals surface area contributed by atoms with Gasteiger partial charge in [0.2, 0.25) is 0 Å². The normalized spacial score (nSPS) is 12.1. The van der Waals surface area contributed by atoms with E-state index in [0.717, 1.165) is 5.39 Å². The molecule has 0 aliphatic rings. The molecule has 1 aromatic carbocycles. The van der Waals surface area contributed by atoms with Gasteiger partial charge < -0.3 is 15.5 Å². The minimum atomic E-state index is -1.47. The van der Waals surface area contributed by atoms with Crippen LogP contribution in [-0.2, 0) is 4.79 Å². The number of amides is 1. The van der Waals surface area contributed by atoms with Crippen molar-refractivity contribution < 1.29 is 19.8 Å². The molecule has 2 rings (SSSR count). The number of aliphatic hydroxyl groups is 1. The maximum Gasteiger partial charge on any atom is 0.332 e. The maximum absolute atomic E-state index is 12.0. The number of carboxylic acids is 1. The third-order valence-electron chi connectivity index (χ3n) is 2.88. The number of nitrogens with one attached hydrogen (secondary N) is 1. The molecule has 6 nitrogen and oxygen atoms in total. The fourth-order valence-electron chi connectivity index (χ4n) is 1.83. The average molecular weight is 274 g/mol. The quantitative estimate of drug-likeness (QED) is 0.749. The highest BCUT2D eigenvalue weighted by molar-refractivity contribution is 6.05. The molecule has 1 aromatic heterocycles. The summed E-state index contributed by atoms with van der Waals surface area (Å²) in [5.74, 6) is -1.62. The molecule has 0 aliphatic heterocycles. The van der Waals surface area contributed by atoms with E-state index >= 15 is 0 Å². The van der Waals surface area contributed by atoms with E-state index in [9.17, 15) is 9.59 Å². The summed E-state index contributed by atoms with van der Waals surface area (Å²) in [6.07, 6.45) is 0.0393. The standard InChI is InChI=1S/C14H14N2O4/c17-12(14(19)20)6-8-16-13(18)10-5-7-15-11-4-2-1-3-9(10)11/h1-5,7,12,17H,6,8H2,(H,16,18)(H,19,20). The number of pyridine rings is 1. The molecule has 1 atom stereocenters. The number of para-hydroxylation sites is 1. The first-order valence-electron chi connectivity index (χ1n) is 6.12. The summed E-state index contributed by atoms with van der Waals surface area (Å²) in [5.41, 5.74) is 1.19. The highest BCUT2D eigenvalue weighted by Crippen LogP contribution is 2.15. The number of carbonyl (C=O) groups is 2. The van der Waals surface area contributed by atoms with E-state index in [4.69, 9.17) is 10.2 Å². The molecular formula is C14H14N2O4. The first kappa shape index (κ1) is 14.0. The van der Waals surface area contributed by atoms with Crippen molar-refractivity contribution in [3.05, 3.63) is 42.1 Å². The smallest absolute Gasteiger partial charge is 0.332 e. The molecule has 20 heavy (non-hydrogen) atoms. The first-order chi connectivity index (χ1) is 9.59. The zero-order valence-corrected chi connectivity index (χ0v) is 10.6. The number of benzene rings is 1. The van der Waals surface area contributed by atoms with E-state index in [1.54, 1.807) is 24.4 Å². The molecule has 0 saturated carbocycles. The molecule has 0 saturated heterocycles. The van der Waals surface area contributed by atoms with Gasteiger partial charge in [-0.15, -0.1) is 0 Å². The highest BCUT2D eigenvalue weighted by Gasteiger charge is 2.14. The molecule has 104 valence electrons. The molecule has 1 amide bonds. The van der Waals surface area contributed by atoms with Crippen molar-refractivity contribution in [1.29, 1.82) is 0 Å². The van der Waals surface area contributed by atoms with E-state index in [1.807, 2.05) is 12.1 Å². The molecule has 0 fully saturated rings. The Morgan fingerprint density at radius 1 is 1.25 bits per heavy atom. The van der Waals surface area contributed by atoms with Crippen molar-refractivity contribution in [2.45, 2.75) is 12.5 Å². The second kappa shape index (κ2) is 6.12. The monoisotopic (exact) mass is 274 g/mol. The van der Waals surface area contributed by atoms with E-state index < -0.39 is 12.1 Å². The summed E-state index contributed by atoms with van der Waals surface area (Å²) in [6, 6.07) is 8.85. The molecule has 2 aromatic rings. The largest absolute Gasteiger partial charge is 0.479 e. The number of aromatic nitrogens is 1. The number of fused-ring (bicyclic) bond motifs is 1. The van der Waals surface area contributed by atoms with Gasteiger partial charge in [0.05, 0.1) is 11.1 Å². The third kappa shape index (κ3) is 3.10. The summed E-state index contributed by atoms with van der Waals surface area (Å²) in [5, 5.41) is 21.0. The van der Waals surface area contributed by atoms with Gasteiger partial charge in [-0.05, 0) is 12.1 Å². The molecule has 0 radical (unpaired) electrons. The Kier molecular flexibility index (Phi) is 4.27. The fourth-order valence-corrected chi connectivity index (χ4v) is 1.83. The van der Waals surface area contributed by atoms with Crippen molar-refractivity contribution >= 4 is 22.8 Å². The zero-order chi connectivity index (χ0) is 14.5. The van der Waals surface area contributed by atoms with Crippen LogP contribution in [0.5, 0.6) is 0 Å². The van der Waals surface area contributed by atoms with Crippen LogP contribution in [0.25, 0.3) is 10.9 Å².